The number of imidazole rings is 1. The molecule has 0 amide bonds. The zero-order chi connectivity index (χ0) is 12.5. The highest BCUT2D eigenvalue weighted by atomic mass is 16.6. The second-order valence-corrected chi connectivity index (χ2v) is 3.54. The van der Waals surface area contributed by atoms with E-state index in [1.54, 1.807) is 19.6 Å². The summed E-state index contributed by atoms with van der Waals surface area (Å²) in [7, 11) is 1.65. The Bertz CT molecular complexity index is 361. The van der Waals surface area contributed by atoms with Crippen molar-refractivity contribution in [3.8, 4) is 0 Å². The van der Waals surface area contributed by atoms with E-state index in [4.69, 9.17) is 0 Å². The fraction of sp³-hybridized carbons (Fsp3) is 0.500. The normalized spacial score (nSPS) is 11.2. The third kappa shape index (κ3) is 5.55. The molecule has 0 aliphatic heterocycles. The Morgan fingerprint density at radius 3 is 3.06 bits per heavy atom. The van der Waals surface area contributed by atoms with Crippen LogP contribution in [0.1, 0.15) is 18.5 Å². The molecular weight excluding hydrogens is 222 g/mol. The molecule has 1 rings (SSSR count). The lowest BCUT2D eigenvalue weighted by Gasteiger charge is -2.07. The van der Waals surface area contributed by atoms with E-state index >= 15 is 0 Å². The predicted molar refractivity (Wildman–Crippen MR) is 63.7 cm³/mol. The molecule has 0 fully saturated rings. The van der Waals surface area contributed by atoms with E-state index in [0.29, 0.717) is 12.4 Å². The van der Waals surface area contributed by atoms with Crippen LogP contribution >= 0.6 is 0 Å². The molecule has 0 aromatic carbocycles. The minimum atomic E-state index is -0.483. The molecule has 17 heavy (non-hydrogen) atoms. The fourth-order valence-electron chi connectivity index (χ4n) is 1.39. The van der Waals surface area contributed by atoms with Crippen LogP contribution < -0.4 is 10.6 Å². The number of nitro groups is 1. The molecule has 0 aliphatic rings. The van der Waals surface area contributed by atoms with E-state index in [1.165, 1.54) is 0 Å². The summed E-state index contributed by atoms with van der Waals surface area (Å²) in [6.45, 7) is 0.703. The number of unbranched alkanes of at least 4 members (excludes halogenated alkanes) is 1. The maximum Gasteiger partial charge on any atom is 0.274 e. The van der Waals surface area contributed by atoms with Crippen molar-refractivity contribution in [2.24, 2.45) is 0 Å². The van der Waals surface area contributed by atoms with Gasteiger partial charge in [0.15, 0.2) is 5.82 Å². The molecule has 0 bridgehead atoms. The van der Waals surface area contributed by atoms with E-state index in [-0.39, 0.29) is 0 Å². The number of aromatic nitrogens is 2. The van der Waals surface area contributed by atoms with Gasteiger partial charge in [-0.2, -0.15) is 0 Å². The van der Waals surface area contributed by atoms with Crippen molar-refractivity contribution in [1.29, 1.82) is 0 Å². The molecule has 1 aromatic heterocycles. The van der Waals surface area contributed by atoms with Gasteiger partial charge in [0.2, 0.25) is 0 Å². The third-order valence-electron chi connectivity index (χ3n) is 2.25. The first-order valence-corrected chi connectivity index (χ1v) is 5.46. The maximum absolute atomic E-state index is 10.3. The molecule has 7 nitrogen and oxygen atoms in total. The summed E-state index contributed by atoms with van der Waals surface area (Å²) in [4.78, 5) is 16.7. The van der Waals surface area contributed by atoms with Gasteiger partial charge in [-0.15, -0.1) is 0 Å². The van der Waals surface area contributed by atoms with E-state index in [1.807, 2.05) is 0 Å². The van der Waals surface area contributed by atoms with Crippen LogP contribution in [0.15, 0.2) is 24.5 Å². The quantitative estimate of drug-likeness (QED) is 0.351. The molecule has 3 N–H and O–H groups in total. The van der Waals surface area contributed by atoms with Crippen molar-refractivity contribution >= 4 is 0 Å². The molecule has 0 aliphatic carbocycles. The van der Waals surface area contributed by atoms with Gasteiger partial charge in [0.1, 0.15) is 0 Å². The lowest BCUT2D eigenvalue weighted by molar-refractivity contribution is -0.404. The van der Waals surface area contributed by atoms with Crippen molar-refractivity contribution < 1.29 is 4.92 Å². The molecule has 94 valence electrons. The number of nitrogens with zero attached hydrogens (tertiary/aromatic N) is 2. The topological polar surface area (TPSA) is 95.9 Å². The molecule has 1 aromatic rings. The number of H-pyrrole nitrogens is 1. The summed E-state index contributed by atoms with van der Waals surface area (Å²) in [6, 6.07) is 0. The van der Waals surface area contributed by atoms with Crippen molar-refractivity contribution in [1.82, 2.24) is 20.6 Å². The molecule has 0 radical (unpaired) electrons. The minimum absolute atomic E-state index is 0.427. The summed E-state index contributed by atoms with van der Waals surface area (Å²) in [5.74, 6) is 0.427. The number of hydrogen-bond acceptors (Lipinski definition) is 5. The first-order valence-electron chi connectivity index (χ1n) is 5.46. The standard InChI is InChI=1S/C10H17N5O2/c1-11-10(7-15(16)17)13-5-3-2-4-9-6-12-8-14-9/h6-8,11,13H,2-5H2,1H3,(H,12,14). The van der Waals surface area contributed by atoms with Crippen molar-refractivity contribution in [2.75, 3.05) is 13.6 Å². The number of hydrogen-bond donors (Lipinski definition) is 3. The van der Waals surface area contributed by atoms with E-state index < -0.39 is 4.92 Å². The fourth-order valence-corrected chi connectivity index (χ4v) is 1.39. The molecule has 0 saturated heterocycles. The smallest absolute Gasteiger partial charge is 0.274 e. The molecule has 1 heterocycles. The maximum atomic E-state index is 10.3. The zero-order valence-electron chi connectivity index (χ0n) is 9.77. The molecular formula is C10H17N5O2. The first kappa shape index (κ1) is 13.0. The monoisotopic (exact) mass is 239 g/mol. The second-order valence-electron chi connectivity index (χ2n) is 3.54. The Balaban J connectivity index is 2.13. The number of aryl methyl sites for hydroxylation is 1. The van der Waals surface area contributed by atoms with Crippen LogP contribution in [0, 0.1) is 10.1 Å². The highest BCUT2D eigenvalue weighted by Gasteiger charge is 1.99. The van der Waals surface area contributed by atoms with Crippen molar-refractivity contribution in [3.05, 3.63) is 40.4 Å². The molecule has 0 atom stereocenters. The molecule has 0 unspecified atom stereocenters. The molecule has 0 spiro atoms. The highest BCUT2D eigenvalue weighted by Crippen LogP contribution is 1.99. The van der Waals surface area contributed by atoms with Crippen LogP contribution in [0.4, 0.5) is 0 Å². The van der Waals surface area contributed by atoms with Crippen molar-refractivity contribution in [3.63, 3.8) is 0 Å². The highest BCUT2D eigenvalue weighted by molar-refractivity contribution is 4.94. The number of aromatic amines is 1. The van der Waals surface area contributed by atoms with E-state index in [9.17, 15) is 10.1 Å². The Labute approximate surface area is 99.5 Å². The second kappa shape index (κ2) is 7.26. The SMILES string of the molecule is CNC(=C[N+](=O)[O-])NCCCCc1cnc[nH]1. The number of rotatable bonds is 8. The summed E-state index contributed by atoms with van der Waals surface area (Å²) >= 11 is 0. The lowest BCUT2D eigenvalue weighted by atomic mass is 10.2. The Hall–Kier alpha value is -2.05. The van der Waals surface area contributed by atoms with E-state index in [2.05, 4.69) is 20.6 Å². The average molecular weight is 239 g/mol. The third-order valence-corrected chi connectivity index (χ3v) is 2.25. The van der Waals surface area contributed by atoms with Gasteiger partial charge in [0, 0.05) is 25.5 Å². The first-order chi connectivity index (χ1) is 8.22. The minimum Gasteiger partial charge on any atom is -0.370 e. The number of nitrogens with one attached hydrogen (secondary N) is 3. The van der Waals surface area contributed by atoms with Gasteiger partial charge in [0.05, 0.1) is 11.3 Å². The summed E-state index contributed by atoms with van der Waals surface area (Å²) in [5, 5.41) is 15.9. The molecule has 7 heteroatoms. The van der Waals surface area contributed by atoms with Crippen LogP contribution in [0.2, 0.25) is 0 Å². The van der Waals surface area contributed by atoms with Gasteiger partial charge in [0.25, 0.3) is 6.20 Å². The van der Waals surface area contributed by atoms with Crippen LogP contribution in [0.5, 0.6) is 0 Å². The van der Waals surface area contributed by atoms with Gasteiger partial charge in [-0.25, -0.2) is 4.98 Å². The predicted octanol–water partition coefficient (Wildman–Crippen LogP) is 0.617. The Morgan fingerprint density at radius 2 is 2.47 bits per heavy atom. The van der Waals surface area contributed by atoms with Gasteiger partial charge >= 0.3 is 0 Å². The van der Waals surface area contributed by atoms with Crippen LogP contribution in [-0.2, 0) is 6.42 Å². The molecule has 0 saturated carbocycles. The average Bonchev–Trinajstić information content (AvgIpc) is 2.79. The van der Waals surface area contributed by atoms with Crippen LogP contribution in [-0.4, -0.2) is 28.5 Å². The van der Waals surface area contributed by atoms with Gasteiger partial charge in [-0.05, 0) is 19.3 Å². The zero-order valence-corrected chi connectivity index (χ0v) is 9.77. The van der Waals surface area contributed by atoms with Crippen LogP contribution in [0.25, 0.3) is 0 Å². The summed E-state index contributed by atoms with van der Waals surface area (Å²) < 4.78 is 0. The van der Waals surface area contributed by atoms with Gasteiger partial charge < -0.3 is 15.6 Å². The van der Waals surface area contributed by atoms with Crippen LogP contribution in [0.3, 0.4) is 0 Å². The summed E-state index contributed by atoms with van der Waals surface area (Å²) in [5.41, 5.74) is 1.11. The van der Waals surface area contributed by atoms with E-state index in [0.717, 1.165) is 31.2 Å². The lowest BCUT2D eigenvalue weighted by Crippen LogP contribution is -2.25. The van der Waals surface area contributed by atoms with Crippen molar-refractivity contribution in [2.45, 2.75) is 19.3 Å². The Morgan fingerprint density at radius 1 is 1.65 bits per heavy atom. The Kier molecular flexibility index (Phi) is 5.56. The largest absolute Gasteiger partial charge is 0.370 e. The summed E-state index contributed by atoms with van der Waals surface area (Å²) in [6.07, 6.45) is 7.27. The van der Waals surface area contributed by atoms with Gasteiger partial charge in [-0.3, -0.25) is 10.1 Å². The van der Waals surface area contributed by atoms with Gasteiger partial charge in [-0.1, -0.05) is 0 Å².